The number of nitrogens with one attached hydrogen (secondary N) is 1. The molecule has 0 bridgehead atoms. The summed E-state index contributed by atoms with van der Waals surface area (Å²) >= 11 is 0. The third-order valence-electron chi connectivity index (χ3n) is 4.11. The Kier molecular flexibility index (Phi) is 4.41. The lowest BCUT2D eigenvalue weighted by Gasteiger charge is -2.30. The highest BCUT2D eigenvalue weighted by Gasteiger charge is 2.22. The second kappa shape index (κ2) is 5.85. The highest BCUT2D eigenvalue weighted by Crippen LogP contribution is 2.26. The van der Waals surface area contributed by atoms with Gasteiger partial charge in [-0.25, -0.2) is 0 Å². The van der Waals surface area contributed by atoms with E-state index in [4.69, 9.17) is 5.73 Å². The van der Waals surface area contributed by atoms with E-state index in [9.17, 15) is 0 Å². The summed E-state index contributed by atoms with van der Waals surface area (Å²) in [5.41, 5.74) is 10.5. The molecule has 0 saturated carbocycles. The molecule has 18 heavy (non-hydrogen) atoms. The summed E-state index contributed by atoms with van der Waals surface area (Å²) in [5, 5.41) is 3.57. The van der Waals surface area contributed by atoms with Gasteiger partial charge in [-0.05, 0) is 48.9 Å². The van der Waals surface area contributed by atoms with E-state index in [1.165, 1.54) is 36.0 Å². The van der Waals surface area contributed by atoms with Gasteiger partial charge in [0.15, 0.2) is 0 Å². The fraction of sp³-hybridized carbons (Fsp3) is 0.625. The normalized spacial score (nSPS) is 22.2. The van der Waals surface area contributed by atoms with Gasteiger partial charge in [0.05, 0.1) is 0 Å². The van der Waals surface area contributed by atoms with Gasteiger partial charge in [0.2, 0.25) is 0 Å². The van der Waals surface area contributed by atoms with E-state index < -0.39 is 0 Å². The Labute approximate surface area is 111 Å². The predicted molar refractivity (Wildman–Crippen MR) is 77.8 cm³/mol. The average molecular weight is 246 g/mol. The van der Waals surface area contributed by atoms with E-state index >= 15 is 0 Å². The van der Waals surface area contributed by atoms with Crippen LogP contribution >= 0.6 is 0 Å². The SMILES string of the molecule is Cc1ccc(C(C)C)cc1C(N)C1CCCCN1. The minimum Gasteiger partial charge on any atom is -0.323 e. The lowest BCUT2D eigenvalue weighted by molar-refractivity contribution is 0.353. The number of hydrogen-bond acceptors (Lipinski definition) is 2. The molecule has 2 rings (SSSR count). The molecule has 1 aliphatic heterocycles. The molecule has 2 atom stereocenters. The average Bonchev–Trinajstić information content (AvgIpc) is 2.39. The molecule has 100 valence electrons. The van der Waals surface area contributed by atoms with Crippen molar-refractivity contribution < 1.29 is 0 Å². The van der Waals surface area contributed by atoms with Gasteiger partial charge in [0, 0.05) is 12.1 Å². The zero-order chi connectivity index (χ0) is 13.1. The van der Waals surface area contributed by atoms with E-state index in [-0.39, 0.29) is 6.04 Å². The number of aryl methyl sites for hydroxylation is 1. The molecule has 0 amide bonds. The van der Waals surface area contributed by atoms with Crippen LogP contribution in [0.1, 0.15) is 61.8 Å². The first kappa shape index (κ1) is 13.6. The summed E-state index contributed by atoms with van der Waals surface area (Å²) in [5.74, 6) is 0.566. The van der Waals surface area contributed by atoms with E-state index in [1.807, 2.05) is 0 Å². The number of piperidine rings is 1. The fourth-order valence-corrected chi connectivity index (χ4v) is 2.78. The molecular formula is C16H26N2. The van der Waals surface area contributed by atoms with Crippen molar-refractivity contribution in [2.75, 3.05) is 6.54 Å². The van der Waals surface area contributed by atoms with E-state index in [0.717, 1.165) is 6.54 Å². The molecule has 0 spiro atoms. The molecule has 3 N–H and O–H groups in total. The second-order valence-corrected chi connectivity index (χ2v) is 5.85. The largest absolute Gasteiger partial charge is 0.323 e. The minimum absolute atomic E-state index is 0.129. The van der Waals surface area contributed by atoms with E-state index in [2.05, 4.69) is 44.3 Å². The van der Waals surface area contributed by atoms with Gasteiger partial charge in [-0.15, -0.1) is 0 Å². The van der Waals surface area contributed by atoms with Gasteiger partial charge < -0.3 is 11.1 Å². The monoisotopic (exact) mass is 246 g/mol. The van der Waals surface area contributed by atoms with Crippen molar-refractivity contribution in [3.63, 3.8) is 0 Å². The summed E-state index contributed by atoms with van der Waals surface area (Å²) in [6.45, 7) is 7.75. The van der Waals surface area contributed by atoms with Crippen molar-refractivity contribution >= 4 is 0 Å². The summed E-state index contributed by atoms with van der Waals surface area (Å²) in [6.07, 6.45) is 3.79. The Balaban J connectivity index is 2.22. The zero-order valence-electron chi connectivity index (χ0n) is 11.9. The zero-order valence-corrected chi connectivity index (χ0v) is 11.9. The molecule has 1 fully saturated rings. The quantitative estimate of drug-likeness (QED) is 0.859. The standard InChI is InChI=1S/C16H26N2/c1-11(2)13-8-7-12(3)14(10-13)16(17)15-6-4-5-9-18-15/h7-8,10-11,15-16,18H,4-6,9,17H2,1-3H3. The second-order valence-electron chi connectivity index (χ2n) is 5.85. The molecule has 2 unspecified atom stereocenters. The van der Waals surface area contributed by atoms with Crippen LogP contribution in [0.3, 0.4) is 0 Å². The number of nitrogens with two attached hydrogens (primary N) is 1. The molecule has 1 heterocycles. The Morgan fingerprint density at radius 1 is 1.28 bits per heavy atom. The first-order chi connectivity index (χ1) is 8.59. The molecule has 2 heteroatoms. The Morgan fingerprint density at radius 3 is 2.67 bits per heavy atom. The van der Waals surface area contributed by atoms with Crippen molar-refractivity contribution in [2.24, 2.45) is 5.73 Å². The smallest absolute Gasteiger partial charge is 0.0453 e. The predicted octanol–water partition coefficient (Wildman–Crippen LogP) is 3.26. The van der Waals surface area contributed by atoms with Gasteiger partial charge in [-0.3, -0.25) is 0 Å². The molecule has 2 nitrogen and oxygen atoms in total. The number of rotatable bonds is 3. The van der Waals surface area contributed by atoms with Crippen LogP contribution in [0, 0.1) is 6.92 Å². The summed E-state index contributed by atoms with van der Waals surface area (Å²) in [7, 11) is 0. The first-order valence-corrected chi connectivity index (χ1v) is 7.19. The number of benzene rings is 1. The maximum absolute atomic E-state index is 6.48. The Bertz CT molecular complexity index is 392. The van der Waals surface area contributed by atoms with Crippen LogP contribution in [0.4, 0.5) is 0 Å². The van der Waals surface area contributed by atoms with Crippen LogP contribution in [0.2, 0.25) is 0 Å². The highest BCUT2D eigenvalue weighted by molar-refractivity contribution is 5.35. The maximum atomic E-state index is 6.48. The first-order valence-electron chi connectivity index (χ1n) is 7.19. The molecule has 1 aliphatic rings. The van der Waals surface area contributed by atoms with Crippen LogP contribution in [-0.4, -0.2) is 12.6 Å². The van der Waals surface area contributed by atoms with Crippen molar-refractivity contribution in [3.8, 4) is 0 Å². The summed E-state index contributed by atoms with van der Waals surface area (Å²) in [4.78, 5) is 0. The summed E-state index contributed by atoms with van der Waals surface area (Å²) in [6, 6.07) is 7.32. The van der Waals surface area contributed by atoms with Crippen LogP contribution < -0.4 is 11.1 Å². The lowest BCUT2D eigenvalue weighted by Crippen LogP contribution is -2.42. The molecule has 1 aromatic carbocycles. The molecule has 0 radical (unpaired) electrons. The fourth-order valence-electron chi connectivity index (χ4n) is 2.78. The van der Waals surface area contributed by atoms with Gasteiger partial charge >= 0.3 is 0 Å². The van der Waals surface area contributed by atoms with Gasteiger partial charge in [-0.1, -0.05) is 38.5 Å². The minimum atomic E-state index is 0.129. The molecular weight excluding hydrogens is 220 g/mol. The van der Waals surface area contributed by atoms with Crippen LogP contribution in [0.15, 0.2) is 18.2 Å². The molecule has 1 saturated heterocycles. The van der Waals surface area contributed by atoms with Crippen LogP contribution in [0.5, 0.6) is 0 Å². The van der Waals surface area contributed by atoms with Crippen molar-refractivity contribution in [1.29, 1.82) is 0 Å². The van der Waals surface area contributed by atoms with Crippen LogP contribution in [-0.2, 0) is 0 Å². The van der Waals surface area contributed by atoms with Crippen LogP contribution in [0.25, 0.3) is 0 Å². The Morgan fingerprint density at radius 2 is 2.06 bits per heavy atom. The summed E-state index contributed by atoms with van der Waals surface area (Å²) < 4.78 is 0. The Hall–Kier alpha value is -0.860. The van der Waals surface area contributed by atoms with Crippen molar-refractivity contribution in [2.45, 2.75) is 58.0 Å². The topological polar surface area (TPSA) is 38.0 Å². The van der Waals surface area contributed by atoms with Gasteiger partial charge in [-0.2, -0.15) is 0 Å². The van der Waals surface area contributed by atoms with Gasteiger partial charge in [0.25, 0.3) is 0 Å². The van der Waals surface area contributed by atoms with Gasteiger partial charge in [0.1, 0.15) is 0 Å². The molecule has 0 aliphatic carbocycles. The third-order valence-corrected chi connectivity index (χ3v) is 4.11. The number of hydrogen-bond donors (Lipinski definition) is 2. The van der Waals surface area contributed by atoms with Crippen molar-refractivity contribution in [1.82, 2.24) is 5.32 Å². The third kappa shape index (κ3) is 2.93. The molecule has 1 aromatic rings. The maximum Gasteiger partial charge on any atom is 0.0453 e. The van der Waals surface area contributed by atoms with Crippen molar-refractivity contribution in [3.05, 3.63) is 34.9 Å². The van der Waals surface area contributed by atoms with E-state index in [1.54, 1.807) is 0 Å². The molecule has 0 aromatic heterocycles. The van der Waals surface area contributed by atoms with E-state index in [0.29, 0.717) is 12.0 Å². The highest BCUT2D eigenvalue weighted by atomic mass is 15.0. The lowest BCUT2D eigenvalue weighted by atomic mass is 9.88.